The van der Waals surface area contributed by atoms with E-state index in [0.717, 1.165) is 0 Å². The summed E-state index contributed by atoms with van der Waals surface area (Å²) in [4.78, 5) is 3.66. The van der Waals surface area contributed by atoms with Gasteiger partial charge in [-0.15, -0.1) is 6.58 Å². The van der Waals surface area contributed by atoms with E-state index in [4.69, 9.17) is 37.9 Å². The summed E-state index contributed by atoms with van der Waals surface area (Å²) in [7, 11) is -3.34. The molecule has 0 spiro atoms. The second kappa shape index (κ2) is 26.8. The molecule has 14 N–H and O–H groups in total. The first-order valence-electron chi connectivity index (χ1n) is 21.3. The van der Waals surface area contributed by atoms with E-state index in [0.29, 0.717) is 32.7 Å². The minimum absolute atomic E-state index is 0. The minimum Gasteiger partial charge on any atom is -0.853 e. The molecule has 4 aliphatic rings. The second-order valence-electron chi connectivity index (χ2n) is 16.1. The van der Waals surface area contributed by atoms with Crippen LogP contribution in [-0.4, -0.2) is 248 Å². The van der Waals surface area contributed by atoms with Gasteiger partial charge in [0.1, 0.15) is 108 Å². The number of aliphatic hydroxyl groups is 12. The van der Waals surface area contributed by atoms with Crippen molar-refractivity contribution in [3.8, 4) is 0 Å². The van der Waals surface area contributed by atoms with Crippen LogP contribution < -0.4 is 40.0 Å². The number of nitrogens with zero attached hydrogens (tertiary/aromatic N) is 1. The molecular weight excluding hydrogens is 1010 g/mol. The number of nitrogens with one attached hydrogen (secondary N) is 1. The van der Waals surface area contributed by atoms with Crippen molar-refractivity contribution in [3.05, 3.63) is 49.1 Å². The van der Waals surface area contributed by atoms with Gasteiger partial charge in [0.25, 0.3) is 10.1 Å². The van der Waals surface area contributed by atoms with Crippen LogP contribution in [0.25, 0.3) is 10.8 Å². The third-order valence-electron chi connectivity index (χ3n) is 11.6. The van der Waals surface area contributed by atoms with Crippen molar-refractivity contribution in [3.63, 3.8) is 0 Å². The molecule has 4 fully saturated rings. The van der Waals surface area contributed by atoms with Gasteiger partial charge in [-0.25, -0.2) is 0 Å². The Morgan fingerprint density at radius 2 is 1.11 bits per heavy atom. The molecule has 6 rings (SSSR count). The van der Waals surface area contributed by atoms with Gasteiger partial charge in [0.2, 0.25) is 0 Å². The molecule has 0 aliphatic carbocycles. The third-order valence-corrected chi connectivity index (χ3v) is 14.8. The first kappa shape index (κ1) is 59.4. The predicted octanol–water partition coefficient (Wildman–Crippen LogP) is -8.92. The van der Waals surface area contributed by atoms with Crippen molar-refractivity contribution in [2.45, 2.75) is 127 Å². The van der Waals surface area contributed by atoms with E-state index < -0.39 is 164 Å². The largest absolute Gasteiger partial charge is 1.00 e. The van der Waals surface area contributed by atoms with Gasteiger partial charge in [-0.1, -0.05) is 51.9 Å². The zero-order valence-corrected chi connectivity index (χ0v) is 41.7. The molecule has 30 heteroatoms. The third kappa shape index (κ3) is 13.7. The summed E-state index contributed by atoms with van der Waals surface area (Å²) < 4.78 is 78.4. The zero-order chi connectivity index (χ0) is 50.3. The number of fused-ring (bicyclic) bond motifs is 1. The van der Waals surface area contributed by atoms with E-state index in [2.05, 4.69) is 16.9 Å². The molecule has 0 amide bonds. The zero-order valence-electron chi connectivity index (χ0n) is 37.2. The fourth-order valence-corrected chi connectivity index (χ4v) is 10.7. The number of anilines is 1. The van der Waals surface area contributed by atoms with Gasteiger partial charge in [-0.2, -0.15) is 8.42 Å². The molecule has 20 atom stereocenters. The standard InChI is InChI=1S/C40H58N2O24S3.Na/c1-2-11-59-32-24(47)19(12-43)60-36(28(32)51)64-33-25(48)20(13-44)61-37(29(33)52)65-34-26(49)21(14-45)62-38(30(34)53)66-35-27(50)22(15-46)63-39(31(35)54)67-68-40(55)42-10-9-41-18-7-3-6-17-16(18)5-4-8-23(17)69(56,57)58;/h2-8,19-22,24-39,41,43-54H,1,9-15H2,(H,42,55)(H,56,57,58);/q;+1/p-1/t19-,20-,21-,22-,24-,25-,26-,27-,28-,29-,30-,31-,32+,33+,34+,35+,36+,37+,38+,39+;/m1./s1. The summed E-state index contributed by atoms with van der Waals surface area (Å²) in [6.45, 7) is -0.0988. The molecule has 2 aromatic carbocycles. The smallest absolute Gasteiger partial charge is 0.853 e. The van der Waals surface area contributed by atoms with E-state index in [1.165, 1.54) is 24.3 Å². The molecule has 4 heterocycles. The van der Waals surface area contributed by atoms with Crippen LogP contribution in [0.1, 0.15) is 0 Å². The Hall–Kier alpha value is -1.48. The maximum atomic E-state index is 12.8. The maximum absolute atomic E-state index is 12.8. The number of aliphatic hydroxyl groups excluding tert-OH is 12. The monoisotopic (exact) mass is 1070 g/mol. The summed E-state index contributed by atoms with van der Waals surface area (Å²) >= 11 is 0. The van der Waals surface area contributed by atoms with E-state index in [1.54, 1.807) is 18.2 Å². The molecule has 0 unspecified atom stereocenters. The van der Waals surface area contributed by atoms with Crippen molar-refractivity contribution >= 4 is 53.4 Å². The summed E-state index contributed by atoms with van der Waals surface area (Å²) in [6, 6.07) is 9.11. The molecule has 2 aromatic rings. The Labute approximate surface area is 430 Å². The van der Waals surface area contributed by atoms with Gasteiger partial charge in [0.15, 0.2) is 18.9 Å². The Morgan fingerprint density at radius 1 is 0.671 bits per heavy atom. The predicted molar refractivity (Wildman–Crippen MR) is 235 cm³/mol. The van der Waals surface area contributed by atoms with Gasteiger partial charge in [-0.05, 0) is 12.1 Å². The number of benzene rings is 2. The Bertz CT molecular complexity index is 2120. The summed E-state index contributed by atoms with van der Waals surface area (Å²) in [5.41, 5.74) is -0.912. The molecule has 390 valence electrons. The molecule has 4 aliphatic heterocycles. The van der Waals surface area contributed by atoms with Crippen LogP contribution in [0.2, 0.25) is 0 Å². The molecule has 0 radical (unpaired) electrons. The van der Waals surface area contributed by atoms with E-state index in [9.17, 15) is 79.4 Å². The molecule has 0 bridgehead atoms. The second-order valence-corrected chi connectivity index (χ2v) is 19.7. The minimum atomic E-state index is -4.51. The number of rotatable bonds is 20. The topological polar surface area (TPSA) is 418 Å². The Balaban J connectivity index is 0.00000913. The van der Waals surface area contributed by atoms with Gasteiger partial charge in [0, 0.05) is 28.2 Å². The van der Waals surface area contributed by atoms with Crippen molar-refractivity contribution in [2.24, 2.45) is 4.99 Å². The van der Waals surface area contributed by atoms with Gasteiger partial charge in [0.05, 0.1) is 39.6 Å². The normalized spacial score (nSPS) is 38.5. The van der Waals surface area contributed by atoms with Gasteiger partial charge in [-0.3, -0.25) is 9.55 Å². The fraction of sp³-hybridized carbons (Fsp3) is 0.675. The quantitative estimate of drug-likeness (QED) is 0.0111. The van der Waals surface area contributed by atoms with Crippen LogP contribution in [-0.2, 0) is 48.0 Å². The molecule has 4 saturated heterocycles. The van der Waals surface area contributed by atoms with Gasteiger partial charge < -0.3 is 110 Å². The number of aliphatic imine (C=N–C) groups is 1. The van der Waals surface area contributed by atoms with Crippen molar-refractivity contribution in [2.75, 3.05) is 51.4 Å². The van der Waals surface area contributed by atoms with Crippen molar-refractivity contribution in [1.82, 2.24) is 0 Å². The van der Waals surface area contributed by atoms with Crippen LogP contribution in [0.3, 0.4) is 0 Å². The maximum Gasteiger partial charge on any atom is 1.00 e. The Morgan fingerprint density at radius 3 is 1.60 bits per heavy atom. The van der Waals surface area contributed by atoms with Crippen LogP contribution >= 0.6 is 21.6 Å². The average Bonchev–Trinajstić information content (AvgIpc) is 3.33. The van der Waals surface area contributed by atoms with Crippen LogP contribution in [0, 0.1) is 0 Å². The summed E-state index contributed by atoms with van der Waals surface area (Å²) in [5.74, 6) is 0. The summed E-state index contributed by atoms with van der Waals surface area (Å²) in [5, 5.41) is 145. The van der Waals surface area contributed by atoms with Gasteiger partial charge >= 0.3 is 29.6 Å². The molecule has 70 heavy (non-hydrogen) atoms. The number of ether oxygens (including phenoxy) is 8. The van der Waals surface area contributed by atoms with E-state index in [1.807, 2.05) is 0 Å². The van der Waals surface area contributed by atoms with Crippen LogP contribution in [0.4, 0.5) is 5.69 Å². The van der Waals surface area contributed by atoms with Crippen LogP contribution in [0.15, 0.2) is 58.9 Å². The number of hydrogen-bond donors (Lipinski definition) is 14. The fourth-order valence-electron chi connectivity index (χ4n) is 8.07. The summed E-state index contributed by atoms with van der Waals surface area (Å²) in [6.07, 6.45) is -32.5. The molecular formula is C40H57N2NaO24S3. The SMILES string of the molecule is C=CCO[C@@H]1[C@@H](O)[C@H](O[C@@H]2[C@@H](O)[C@H](O[C@@H]3[C@@H](O)[C@H](O[C@@H]4[C@@H](O)[C@H](SSC([O-])=NCCNc5cccc6c(S(=O)(=O)O)cccc56)O[C@H](CO)[C@H]4O)O[C@H](CO)[C@H]3O)O[C@H](CO)[C@H]2O)O[C@H](CO)[C@H]1O.[Na+]. The Kier molecular flexibility index (Phi) is 22.8. The van der Waals surface area contributed by atoms with E-state index >= 15 is 0 Å². The first-order chi connectivity index (χ1) is 32.9. The van der Waals surface area contributed by atoms with Crippen molar-refractivity contribution < 1.29 is 147 Å². The first-order valence-corrected chi connectivity index (χ1v) is 25.0. The molecule has 0 aromatic heterocycles. The molecule has 0 saturated carbocycles. The van der Waals surface area contributed by atoms with E-state index in [-0.39, 0.29) is 59.5 Å². The van der Waals surface area contributed by atoms with Crippen molar-refractivity contribution in [1.29, 1.82) is 0 Å². The number of hydrogen-bond acceptors (Lipinski definition) is 27. The average molecular weight is 1070 g/mol. The molecule has 26 nitrogen and oxygen atoms in total. The van der Waals surface area contributed by atoms with Crippen LogP contribution in [0.5, 0.6) is 0 Å².